The lowest BCUT2D eigenvalue weighted by molar-refractivity contribution is 0.865. The number of thioether (sulfide) groups is 1. The number of hydrogen-bond acceptors (Lipinski definition) is 2. The molecule has 0 aliphatic heterocycles. The predicted molar refractivity (Wildman–Crippen MR) is 81.2 cm³/mol. The normalized spacial score (nSPS) is 10.4. The zero-order valence-electron chi connectivity index (χ0n) is 11.3. The monoisotopic (exact) mass is 267 g/mol. The quantitative estimate of drug-likeness (QED) is 0.730. The van der Waals surface area contributed by atoms with Crippen LogP contribution in [0.5, 0.6) is 0 Å². The minimum atomic E-state index is 0.575. The molecule has 0 amide bonds. The molecule has 2 aromatic rings. The van der Waals surface area contributed by atoms with Gasteiger partial charge in [0.15, 0.2) is 0 Å². The zero-order chi connectivity index (χ0) is 13.7. The summed E-state index contributed by atoms with van der Waals surface area (Å²) in [4.78, 5) is 1.27. The van der Waals surface area contributed by atoms with Crippen molar-refractivity contribution in [2.75, 3.05) is 0 Å². The molecule has 0 unspecified atom stereocenters. The maximum atomic E-state index is 8.87. The fourth-order valence-corrected chi connectivity index (χ4v) is 2.69. The lowest BCUT2D eigenvalue weighted by Crippen LogP contribution is -1.86. The molecule has 0 N–H and O–H groups in total. The Bertz CT molecular complexity index is 579. The van der Waals surface area contributed by atoms with Gasteiger partial charge >= 0.3 is 0 Å². The highest BCUT2D eigenvalue weighted by Crippen LogP contribution is 2.25. The summed E-state index contributed by atoms with van der Waals surface area (Å²) < 4.78 is 0. The molecule has 1 nitrogen and oxygen atoms in total. The lowest BCUT2D eigenvalue weighted by atomic mass is 10.0. The van der Waals surface area contributed by atoms with Crippen LogP contribution < -0.4 is 0 Å². The van der Waals surface area contributed by atoms with Crippen LogP contribution in [0.2, 0.25) is 0 Å². The van der Waals surface area contributed by atoms with Crippen LogP contribution in [0.15, 0.2) is 53.4 Å². The van der Waals surface area contributed by atoms with Crippen LogP contribution in [0.4, 0.5) is 0 Å². The van der Waals surface area contributed by atoms with E-state index in [4.69, 9.17) is 5.26 Å². The molecule has 0 heterocycles. The fraction of sp³-hybridized carbons (Fsp3) is 0.235. The van der Waals surface area contributed by atoms with E-state index >= 15 is 0 Å². The second kappa shape index (κ2) is 6.45. The van der Waals surface area contributed by atoms with Crippen molar-refractivity contribution in [3.63, 3.8) is 0 Å². The lowest BCUT2D eigenvalue weighted by Gasteiger charge is -2.07. The Morgan fingerprint density at radius 1 is 1.11 bits per heavy atom. The third kappa shape index (κ3) is 3.87. The van der Waals surface area contributed by atoms with Gasteiger partial charge < -0.3 is 0 Å². The summed E-state index contributed by atoms with van der Waals surface area (Å²) in [6.45, 7) is 4.41. The number of hydrogen-bond donors (Lipinski definition) is 0. The molecule has 0 spiro atoms. The molecule has 2 aromatic carbocycles. The molecular weight excluding hydrogens is 250 g/mol. The van der Waals surface area contributed by atoms with E-state index in [-0.39, 0.29) is 0 Å². The van der Waals surface area contributed by atoms with Crippen molar-refractivity contribution in [2.24, 2.45) is 0 Å². The Hall–Kier alpha value is -1.72. The summed E-state index contributed by atoms with van der Waals surface area (Å²) in [7, 11) is 0. The molecule has 19 heavy (non-hydrogen) atoms. The highest BCUT2D eigenvalue weighted by molar-refractivity contribution is 7.98. The maximum absolute atomic E-state index is 8.87. The topological polar surface area (TPSA) is 23.8 Å². The van der Waals surface area contributed by atoms with Gasteiger partial charge in [0.25, 0.3) is 0 Å². The van der Waals surface area contributed by atoms with Gasteiger partial charge in [0.2, 0.25) is 0 Å². The minimum absolute atomic E-state index is 0.575. The number of nitriles is 1. The van der Waals surface area contributed by atoms with Gasteiger partial charge in [-0.3, -0.25) is 0 Å². The van der Waals surface area contributed by atoms with Crippen LogP contribution in [0.1, 0.15) is 36.5 Å². The van der Waals surface area contributed by atoms with Crippen LogP contribution in [0.3, 0.4) is 0 Å². The molecule has 0 aliphatic rings. The number of benzene rings is 2. The van der Waals surface area contributed by atoms with E-state index in [1.807, 2.05) is 18.2 Å². The molecule has 0 saturated carbocycles. The van der Waals surface area contributed by atoms with E-state index in [0.717, 1.165) is 11.3 Å². The van der Waals surface area contributed by atoms with E-state index in [1.165, 1.54) is 16.0 Å². The van der Waals surface area contributed by atoms with E-state index in [2.05, 4.69) is 50.2 Å². The van der Waals surface area contributed by atoms with Gasteiger partial charge in [-0.1, -0.05) is 38.1 Å². The SMILES string of the molecule is CC(C)c1ccc(SCc2cccc(C#N)c2)cc1. The molecular formula is C17H17NS. The van der Waals surface area contributed by atoms with Crippen LogP contribution in [0.25, 0.3) is 0 Å². The van der Waals surface area contributed by atoms with Crippen molar-refractivity contribution in [2.45, 2.75) is 30.4 Å². The highest BCUT2D eigenvalue weighted by atomic mass is 32.2. The van der Waals surface area contributed by atoms with Gasteiger partial charge in [-0.15, -0.1) is 11.8 Å². The average Bonchev–Trinajstić information content (AvgIpc) is 2.46. The van der Waals surface area contributed by atoms with Crippen molar-refractivity contribution in [3.8, 4) is 6.07 Å². The summed E-state index contributed by atoms with van der Waals surface area (Å²) in [5.74, 6) is 1.47. The zero-order valence-corrected chi connectivity index (χ0v) is 12.1. The fourth-order valence-electron chi connectivity index (χ4n) is 1.85. The van der Waals surface area contributed by atoms with Gasteiger partial charge in [-0.2, -0.15) is 5.26 Å². The highest BCUT2D eigenvalue weighted by Gasteiger charge is 2.01. The Labute approximate surface area is 119 Å². The van der Waals surface area contributed by atoms with Crippen molar-refractivity contribution in [1.29, 1.82) is 5.26 Å². The largest absolute Gasteiger partial charge is 0.192 e. The molecule has 96 valence electrons. The molecule has 0 atom stereocenters. The van der Waals surface area contributed by atoms with Gasteiger partial charge in [-0.25, -0.2) is 0 Å². The molecule has 0 radical (unpaired) electrons. The van der Waals surface area contributed by atoms with Gasteiger partial charge in [0, 0.05) is 10.6 Å². The Balaban J connectivity index is 2.00. The van der Waals surface area contributed by atoms with Crippen LogP contribution in [0, 0.1) is 11.3 Å². The molecule has 0 aliphatic carbocycles. The first-order valence-electron chi connectivity index (χ1n) is 6.41. The van der Waals surface area contributed by atoms with Crippen LogP contribution >= 0.6 is 11.8 Å². The summed E-state index contributed by atoms with van der Waals surface area (Å²) in [6.07, 6.45) is 0. The summed E-state index contributed by atoms with van der Waals surface area (Å²) in [5, 5.41) is 8.87. The minimum Gasteiger partial charge on any atom is -0.192 e. The molecule has 2 heteroatoms. The summed E-state index contributed by atoms with van der Waals surface area (Å²) in [6, 6.07) is 18.7. The third-order valence-corrected chi connectivity index (χ3v) is 4.09. The second-order valence-corrected chi connectivity index (χ2v) is 5.87. The van der Waals surface area contributed by atoms with Gasteiger partial charge in [-0.05, 0) is 41.3 Å². The second-order valence-electron chi connectivity index (χ2n) is 4.82. The Kier molecular flexibility index (Phi) is 4.65. The maximum Gasteiger partial charge on any atom is 0.0991 e. The van der Waals surface area contributed by atoms with Crippen molar-refractivity contribution in [3.05, 3.63) is 65.2 Å². The average molecular weight is 267 g/mol. The first kappa shape index (κ1) is 13.7. The summed E-state index contributed by atoms with van der Waals surface area (Å²) in [5.41, 5.74) is 3.29. The van der Waals surface area contributed by atoms with Crippen molar-refractivity contribution >= 4 is 11.8 Å². The molecule has 2 rings (SSSR count). The van der Waals surface area contributed by atoms with Crippen LogP contribution in [-0.4, -0.2) is 0 Å². The van der Waals surface area contributed by atoms with E-state index < -0.39 is 0 Å². The van der Waals surface area contributed by atoms with E-state index in [0.29, 0.717) is 5.92 Å². The molecule has 0 aromatic heterocycles. The predicted octanol–water partition coefficient (Wildman–Crippen LogP) is 4.97. The van der Waals surface area contributed by atoms with Gasteiger partial charge in [0.1, 0.15) is 0 Å². The smallest absolute Gasteiger partial charge is 0.0991 e. The standard InChI is InChI=1S/C17H17NS/c1-13(2)16-6-8-17(9-7-16)19-12-15-5-3-4-14(10-15)11-18/h3-10,13H,12H2,1-2H3. The van der Waals surface area contributed by atoms with E-state index in [1.54, 1.807) is 11.8 Å². The Morgan fingerprint density at radius 3 is 2.47 bits per heavy atom. The molecule has 0 fully saturated rings. The first-order chi connectivity index (χ1) is 9.19. The third-order valence-electron chi connectivity index (χ3n) is 3.01. The summed E-state index contributed by atoms with van der Waals surface area (Å²) >= 11 is 1.80. The van der Waals surface area contributed by atoms with Crippen molar-refractivity contribution in [1.82, 2.24) is 0 Å². The number of nitrogens with zero attached hydrogens (tertiary/aromatic N) is 1. The Morgan fingerprint density at radius 2 is 1.84 bits per heavy atom. The van der Waals surface area contributed by atoms with E-state index in [9.17, 15) is 0 Å². The van der Waals surface area contributed by atoms with Crippen molar-refractivity contribution < 1.29 is 0 Å². The van der Waals surface area contributed by atoms with Crippen LogP contribution in [-0.2, 0) is 5.75 Å². The van der Waals surface area contributed by atoms with Gasteiger partial charge in [0.05, 0.1) is 11.6 Å². The molecule has 0 saturated heterocycles. The number of rotatable bonds is 4. The molecule has 0 bridgehead atoms. The first-order valence-corrected chi connectivity index (χ1v) is 7.39.